The normalized spacial score (nSPS) is 19.6. The van der Waals surface area contributed by atoms with Crippen LogP contribution in [0.2, 0.25) is 0 Å². The summed E-state index contributed by atoms with van der Waals surface area (Å²) in [5, 5.41) is 0.316. The molecule has 1 fully saturated rings. The van der Waals surface area contributed by atoms with Crippen LogP contribution >= 0.6 is 0 Å². The van der Waals surface area contributed by atoms with E-state index < -0.39 is 53.1 Å². The average molecular weight is 595 g/mol. The molecule has 0 aromatic heterocycles. The number of alkyl halides is 8. The van der Waals surface area contributed by atoms with E-state index in [1.165, 1.54) is 31.2 Å². The molecule has 1 amide bonds. The van der Waals surface area contributed by atoms with Crippen LogP contribution in [0.25, 0.3) is 0 Å². The smallest absolute Gasteiger partial charge is 0.493 e. The topological polar surface area (TPSA) is 62.3 Å². The van der Waals surface area contributed by atoms with E-state index in [0.717, 1.165) is 17.0 Å². The van der Waals surface area contributed by atoms with Crippen molar-refractivity contribution in [3.05, 3.63) is 53.6 Å². The van der Waals surface area contributed by atoms with E-state index in [1.807, 2.05) is 0 Å². The van der Waals surface area contributed by atoms with Crippen LogP contribution in [-0.4, -0.2) is 61.3 Å². The Kier molecular flexibility index (Phi) is 8.39. The molecular formula is C26H25F8N3O4. The van der Waals surface area contributed by atoms with Gasteiger partial charge in [0, 0.05) is 18.7 Å². The predicted molar refractivity (Wildman–Crippen MR) is 130 cm³/mol. The first-order valence-corrected chi connectivity index (χ1v) is 12.5. The minimum Gasteiger partial charge on any atom is -0.494 e. The first kappa shape index (κ1) is 30.3. The van der Waals surface area contributed by atoms with Gasteiger partial charge in [0.2, 0.25) is 0 Å². The number of carbonyl (C=O) groups excluding carboxylic acids is 2. The second-order valence-corrected chi connectivity index (χ2v) is 9.64. The number of halogens is 8. The zero-order chi connectivity index (χ0) is 30.2. The summed E-state index contributed by atoms with van der Waals surface area (Å²) in [5.41, 5.74) is -3.08. The Bertz CT molecular complexity index is 1270. The molecule has 0 saturated carbocycles. The van der Waals surface area contributed by atoms with Gasteiger partial charge >= 0.3 is 18.3 Å². The number of fused-ring (bicyclic) bond motifs is 1. The zero-order valence-corrected chi connectivity index (χ0v) is 21.6. The molecule has 4 rings (SSSR count). The summed E-state index contributed by atoms with van der Waals surface area (Å²) in [6, 6.07) is 7.82. The average Bonchev–Trinajstić information content (AvgIpc) is 2.88. The summed E-state index contributed by atoms with van der Waals surface area (Å²) in [6.45, 7) is 1.98. The number of benzene rings is 2. The minimum atomic E-state index is -5.46. The first-order chi connectivity index (χ1) is 19.1. The lowest BCUT2D eigenvalue weighted by molar-refractivity contribution is -0.202. The van der Waals surface area contributed by atoms with Crippen molar-refractivity contribution in [2.24, 2.45) is 0 Å². The van der Waals surface area contributed by atoms with Crippen LogP contribution in [0.5, 0.6) is 5.75 Å². The van der Waals surface area contributed by atoms with E-state index in [2.05, 4.69) is 4.84 Å². The molecule has 2 aromatic carbocycles. The molecular weight excluding hydrogens is 570 g/mol. The molecule has 1 unspecified atom stereocenters. The largest absolute Gasteiger partial charge is 0.494 e. The maximum absolute atomic E-state index is 13.8. The summed E-state index contributed by atoms with van der Waals surface area (Å²) >= 11 is 0. The number of carbonyl (C=O) groups is 2. The van der Waals surface area contributed by atoms with Crippen molar-refractivity contribution in [2.75, 3.05) is 36.2 Å². The first-order valence-electron chi connectivity index (χ1n) is 12.5. The number of likely N-dealkylation sites (tertiary alicyclic amines) is 1. The highest BCUT2D eigenvalue weighted by Gasteiger charge is 2.48. The maximum Gasteiger partial charge on any atom is 0.493 e. The second-order valence-electron chi connectivity index (χ2n) is 9.64. The minimum absolute atomic E-state index is 0.0129. The molecule has 7 nitrogen and oxygen atoms in total. The van der Waals surface area contributed by atoms with Gasteiger partial charge in [-0.15, -0.1) is 0 Å². The SMILES string of the molecule is CC1N(OC(=O)C(F)(F)F)c2cccc(C(F)(F)F)c2C(=O)N1c1ccc(OCCCN2CCCC(F)(F)C2)cc1. The van der Waals surface area contributed by atoms with Gasteiger partial charge in [0.15, 0.2) is 0 Å². The Morgan fingerprint density at radius 3 is 2.34 bits per heavy atom. The lowest BCUT2D eigenvalue weighted by Crippen LogP contribution is -2.56. The molecule has 0 N–H and O–H groups in total. The predicted octanol–water partition coefficient (Wildman–Crippen LogP) is 6.04. The summed E-state index contributed by atoms with van der Waals surface area (Å²) in [5.74, 6) is -6.28. The zero-order valence-electron chi connectivity index (χ0n) is 21.6. The summed E-state index contributed by atoms with van der Waals surface area (Å²) in [6.07, 6.45) is -11.3. The highest BCUT2D eigenvalue weighted by Crippen LogP contribution is 2.42. The molecule has 0 aliphatic carbocycles. The van der Waals surface area contributed by atoms with Gasteiger partial charge in [-0.2, -0.15) is 31.4 Å². The van der Waals surface area contributed by atoms with Crippen molar-refractivity contribution >= 4 is 23.3 Å². The Balaban J connectivity index is 1.53. The molecule has 0 spiro atoms. The lowest BCUT2D eigenvalue weighted by Gasteiger charge is -2.42. The molecule has 0 bridgehead atoms. The quantitative estimate of drug-likeness (QED) is 0.288. The van der Waals surface area contributed by atoms with Gasteiger partial charge in [0.25, 0.3) is 11.8 Å². The third kappa shape index (κ3) is 6.82. The van der Waals surface area contributed by atoms with Gasteiger partial charge in [-0.25, -0.2) is 13.6 Å². The third-order valence-corrected chi connectivity index (χ3v) is 6.62. The lowest BCUT2D eigenvalue weighted by atomic mass is 9.99. The van der Waals surface area contributed by atoms with E-state index >= 15 is 0 Å². The Labute approximate surface area is 229 Å². The van der Waals surface area contributed by atoms with Gasteiger partial charge < -0.3 is 9.57 Å². The number of nitrogens with zero attached hydrogens (tertiary/aromatic N) is 3. The van der Waals surface area contributed by atoms with Crippen LogP contribution in [0, 0.1) is 0 Å². The standard InChI is InChI=1S/C26H25F8N3O4/c1-16-36(17-7-9-18(10-8-17)40-14-4-13-35-12-3-11-24(27,28)15-35)22(38)21-19(25(29,30)31)5-2-6-20(21)37(16)41-23(39)26(32,33)34/h2,5-10,16H,3-4,11-15H2,1H3. The number of hydrogen-bond acceptors (Lipinski definition) is 6. The number of anilines is 2. The number of hydrogen-bond donors (Lipinski definition) is 0. The number of ether oxygens (including phenoxy) is 1. The molecule has 1 saturated heterocycles. The van der Waals surface area contributed by atoms with Crippen molar-refractivity contribution in [3.8, 4) is 5.75 Å². The number of rotatable bonds is 7. The monoisotopic (exact) mass is 595 g/mol. The molecule has 2 aliphatic heterocycles. The van der Waals surface area contributed by atoms with E-state index in [-0.39, 0.29) is 25.3 Å². The molecule has 2 aliphatic rings. The van der Waals surface area contributed by atoms with E-state index in [9.17, 15) is 44.7 Å². The number of piperidine rings is 1. The highest BCUT2D eigenvalue weighted by molar-refractivity contribution is 6.13. The molecule has 224 valence electrons. The molecule has 15 heteroatoms. The Hall–Kier alpha value is -3.62. The highest BCUT2D eigenvalue weighted by atomic mass is 19.4. The van der Waals surface area contributed by atoms with Crippen LogP contribution < -0.4 is 14.7 Å². The molecule has 41 heavy (non-hydrogen) atoms. The fraction of sp³-hybridized carbons (Fsp3) is 0.462. The molecule has 2 heterocycles. The Morgan fingerprint density at radius 2 is 1.73 bits per heavy atom. The van der Waals surface area contributed by atoms with Gasteiger partial charge in [-0.05, 0) is 62.7 Å². The summed E-state index contributed by atoms with van der Waals surface area (Å²) in [7, 11) is 0. The van der Waals surface area contributed by atoms with E-state index in [4.69, 9.17) is 4.74 Å². The van der Waals surface area contributed by atoms with Gasteiger partial charge in [-0.3, -0.25) is 14.6 Å². The third-order valence-electron chi connectivity index (χ3n) is 6.62. The fourth-order valence-electron chi connectivity index (χ4n) is 4.80. The van der Waals surface area contributed by atoms with Crippen molar-refractivity contribution in [2.45, 2.75) is 50.6 Å². The molecule has 2 aromatic rings. The van der Waals surface area contributed by atoms with Crippen molar-refractivity contribution in [3.63, 3.8) is 0 Å². The van der Waals surface area contributed by atoms with Crippen LogP contribution in [0.4, 0.5) is 46.5 Å². The summed E-state index contributed by atoms with van der Waals surface area (Å²) in [4.78, 5) is 31.8. The van der Waals surface area contributed by atoms with Crippen LogP contribution in [0.15, 0.2) is 42.5 Å². The van der Waals surface area contributed by atoms with Gasteiger partial charge in [0.05, 0.1) is 30.0 Å². The maximum atomic E-state index is 13.8. The number of hydroxylamine groups is 1. The van der Waals surface area contributed by atoms with Crippen molar-refractivity contribution in [1.29, 1.82) is 0 Å². The molecule has 0 radical (unpaired) electrons. The van der Waals surface area contributed by atoms with Crippen molar-refractivity contribution < 1.29 is 54.3 Å². The Morgan fingerprint density at radius 1 is 1.05 bits per heavy atom. The van der Waals surface area contributed by atoms with E-state index in [1.54, 1.807) is 4.90 Å². The fourth-order valence-corrected chi connectivity index (χ4v) is 4.80. The van der Waals surface area contributed by atoms with E-state index in [0.29, 0.717) is 42.8 Å². The number of amides is 1. The van der Waals surface area contributed by atoms with Crippen molar-refractivity contribution in [1.82, 2.24) is 4.90 Å². The second kappa shape index (κ2) is 11.3. The van der Waals surface area contributed by atoms with Gasteiger partial charge in [0.1, 0.15) is 11.9 Å². The van der Waals surface area contributed by atoms with Crippen LogP contribution in [0.1, 0.15) is 42.1 Å². The molecule has 1 atom stereocenters. The summed E-state index contributed by atoms with van der Waals surface area (Å²) < 4.78 is 113. The van der Waals surface area contributed by atoms with Crippen LogP contribution in [0.3, 0.4) is 0 Å². The van der Waals surface area contributed by atoms with Crippen LogP contribution in [-0.2, 0) is 15.8 Å². The van der Waals surface area contributed by atoms with Gasteiger partial charge in [-0.1, -0.05) is 6.07 Å².